The van der Waals surface area contributed by atoms with Gasteiger partial charge in [-0.3, -0.25) is 23.2 Å². The van der Waals surface area contributed by atoms with Crippen LogP contribution in [0.4, 0.5) is 0 Å². The SMILES string of the molecule is CCCCC/C=C\C/C=C\C/C=C\CCCCC(=O)O[C@H](COC(=O)CCC[C@@H](O)/C=C/C=C\C/C=C\C=C\[C@@H](O)CCCCC)COP(=O)(O)O[C@H]1C(O)C(O)C(O)[C@@H](OP(=O)(O)O)C1O. The highest BCUT2D eigenvalue weighted by Gasteiger charge is 2.54. The van der Waals surface area contributed by atoms with Gasteiger partial charge in [0.1, 0.15) is 43.2 Å². The number of aliphatic hydroxyl groups excluding tert-OH is 6. The molecule has 0 aliphatic heterocycles. The highest BCUT2D eigenvalue weighted by Crippen LogP contribution is 2.49. The first-order valence-electron chi connectivity index (χ1n) is 23.3. The van der Waals surface area contributed by atoms with Gasteiger partial charge in [0, 0.05) is 12.8 Å². The van der Waals surface area contributed by atoms with Crippen LogP contribution in [0.1, 0.15) is 129 Å². The number of carbonyl (C=O) groups excluding carboxylic acids is 2. The zero-order valence-corrected chi connectivity index (χ0v) is 40.8. The van der Waals surface area contributed by atoms with Crippen molar-refractivity contribution in [2.45, 2.75) is 184 Å². The summed E-state index contributed by atoms with van der Waals surface area (Å²) in [5.74, 6) is -1.49. The molecule has 0 spiro atoms. The lowest BCUT2D eigenvalue weighted by atomic mass is 9.85. The molecule has 0 aromatic carbocycles. The van der Waals surface area contributed by atoms with Gasteiger partial charge in [-0.15, -0.1) is 0 Å². The van der Waals surface area contributed by atoms with Crippen LogP contribution in [0.2, 0.25) is 0 Å². The van der Waals surface area contributed by atoms with Crippen molar-refractivity contribution in [1.82, 2.24) is 0 Å². The summed E-state index contributed by atoms with van der Waals surface area (Å²) in [6.07, 6.45) is 23.2. The fraction of sp³-hybridized carbons (Fsp3) is 0.660. The molecule has 9 N–H and O–H groups in total. The second-order valence-corrected chi connectivity index (χ2v) is 18.8. The molecule has 1 saturated carbocycles. The van der Waals surface area contributed by atoms with Gasteiger partial charge in [-0.2, -0.15) is 0 Å². The molecule has 0 saturated heterocycles. The van der Waals surface area contributed by atoms with Gasteiger partial charge < -0.3 is 54.8 Å². The number of hydrogen-bond donors (Lipinski definition) is 9. The topological polar surface area (TPSA) is 296 Å². The Balaban J connectivity index is 2.74. The zero-order chi connectivity index (χ0) is 49.9. The Morgan fingerprint density at radius 2 is 1.04 bits per heavy atom. The standard InChI is InChI=1S/C47H78O18P2/c1-3-5-7-8-9-10-11-12-13-14-15-16-20-23-27-33-41(51)63-39(36-62-67(59,60)65-47-44(54)42(52)43(53)46(45(47)55)64-66(56,57)58)35-61-40(50)34-28-32-38(49)31-26-22-19-17-18-21-25-30-37(48)29-24-6-4-2/h9-10,12-13,15-16,18-19,21-22,25-26,30-31,37-39,42-49,52-55H,3-8,11,14,17,20,23-24,27-29,32-36H2,1-2H3,(H,59,60)(H2,56,57,58)/b10-9-,13-12-,16-15-,21-18-,22-19-,30-25+,31-26+/t37-,38-,39+,42?,43?,44?,45?,46+,47-/m0/s1. The Labute approximate surface area is 396 Å². The first kappa shape index (κ1) is 62.1. The molecule has 1 fully saturated rings. The maximum Gasteiger partial charge on any atom is 0.472 e. The minimum atomic E-state index is -5.40. The smallest absolute Gasteiger partial charge is 0.462 e. The average molecular weight is 993 g/mol. The first-order chi connectivity index (χ1) is 31.9. The van der Waals surface area contributed by atoms with Crippen molar-refractivity contribution in [1.29, 1.82) is 0 Å². The van der Waals surface area contributed by atoms with Crippen molar-refractivity contribution in [3.63, 3.8) is 0 Å². The first-order valence-corrected chi connectivity index (χ1v) is 26.4. The Kier molecular flexibility index (Phi) is 34.3. The fourth-order valence-electron chi connectivity index (χ4n) is 6.42. The molecule has 1 rings (SSSR count). The molecule has 384 valence electrons. The zero-order valence-electron chi connectivity index (χ0n) is 39.0. The Morgan fingerprint density at radius 1 is 0.552 bits per heavy atom. The number of phosphoric acid groups is 2. The van der Waals surface area contributed by atoms with Crippen LogP contribution in [-0.4, -0.2) is 125 Å². The predicted molar refractivity (Wildman–Crippen MR) is 253 cm³/mol. The number of allylic oxidation sites excluding steroid dienone is 12. The molecule has 67 heavy (non-hydrogen) atoms. The number of esters is 2. The molecule has 0 heterocycles. The van der Waals surface area contributed by atoms with E-state index in [-0.39, 0.29) is 25.7 Å². The molecule has 10 atom stereocenters. The van der Waals surface area contributed by atoms with Gasteiger partial charge in [0.05, 0.1) is 18.8 Å². The quantitative estimate of drug-likeness (QED) is 0.0105. The largest absolute Gasteiger partial charge is 0.472 e. The van der Waals surface area contributed by atoms with E-state index >= 15 is 0 Å². The number of phosphoric ester groups is 2. The van der Waals surface area contributed by atoms with Crippen LogP contribution in [0.25, 0.3) is 0 Å². The van der Waals surface area contributed by atoms with Gasteiger partial charge in [-0.25, -0.2) is 9.13 Å². The summed E-state index contributed by atoms with van der Waals surface area (Å²) in [4.78, 5) is 54.2. The summed E-state index contributed by atoms with van der Waals surface area (Å²) >= 11 is 0. The number of ether oxygens (including phenoxy) is 2. The molecule has 0 bridgehead atoms. The highest BCUT2D eigenvalue weighted by atomic mass is 31.2. The average Bonchev–Trinajstić information content (AvgIpc) is 3.27. The van der Waals surface area contributed by atoms with Crippen LogP contribution < -0.4 is 0 Å². The Hall–Kier alpha value is -2.90. The van der Waals surface area contributed by atoms with Crippen molar-refractivity contribution in [2.75, 3.05) is 13.2 Å². The molecule has 20 heteroatoms. The summed E-state index contributed by atoms with van der Waals surface area (Å²) in [6.45, 7) is 2.73. The number of hydrogen-bond acceptors (Lipinski definition) is 15. The van der Waals surface area contributed by atoms with E-state index in [4.69, 9.17) is 28.3 Å². The van der Waals surface area contributed by atoms with Gasteiger partial charge in [0.15, 0.2) is 6.10 Å². The third-order valence-electron chi connectivity index (χ3n) is 10.1. The molecule has 5 unspecified atom stereocenters. The number of unbranched alkanes of at least 4 members (excludes halogenated alkanes) is 7. The van der Waals surface area contributed by atoms with Crippen molar-refractivity contribution < 1.29 is 87.1 Å². The van der Waals surface area contributed by atoms with Crippen LogP contribution in [-0.2, 0) is 41.8 Å². The molecule has 18 nitrogen and oxygen atoms in total. The molecule has 0 amide bonds. The molecular weight excluding hydrogens is 914 g/mol. The molecular formula is C47H78O18P2. The number of carbonyl (C=O) groups is 2. The highest BCUT2D eigenvalue weighted by molar-refractivity contribution is 7.47. The summed E-state index contributed by atoms with van der Waals surface area (Å²) in [6, 6.07) is 0. The van der Waals surface area contributed by atoms with E-state index in [1.807, 2.05) is 36.5 Å². The van der Waals surface area contributed by atoms with Crippen LogP contribution >= 0.6 is 15.6 Å². The normalized spacial score (nSPS) is 23.1. The molecule has 1 aliphatic rings. The van der Waals surface area contributed by atoms with Crippen LogP contribution in [0.5, 0.6) is 0 Å². The molecule has 0 radical (unpaired) electrons. The molecule has 0 aromatic heterocycles. The lowest BCUT2D eigenvalue weighted by Gasteiger charge is -2.43. The predicted octanol–water partition coefficient (Wildman–Crippen LogP) is 6.56. The number of rotatable bonds is 37. The summed E-state index contributed by atoms with van der Waals surface area (Å²) in [7, 11) is -10.8. The summed E-state index contributed by atoms with van der Waals surface area (Å²) in [5, 5.41) is 61.4. The minimum Gasteiger partial charge on any atom is -0.462 e. The lowest BCUT2D eigenvalue weighted by molar-refractivity contribution is -0.216. The molecule has 0 aromatic rings. The van der Waals surface area contributed by atoms with E-state index < -0.39 is 95.7 Å². The fourth-order valence-corrected chi connectivity index (χ4v) is 7.96. The van der Waals surface area contributed by atoms with Crippen molar-refractivity contribution in [2.24, 2.45) is 0 Å². The van der Waals surface area contributed by atoms with Crippen molar-refractivity contribution in [3.05, 3.63) is 85.1 Å². The van der Waals surface area contributed by atoms with E-state index in [1.54, 1.807) is 24.3 Å². The van der Waals surface area contributed by atoms with E-state index in [2.05, 4.69) is 42.7 Å². The lowest BCUT2D eigenvalue weighted by Crippen LogP contribution is -2.64. The van der Waals surface area contributed by atoms with Crippen LogP contribution in [0.3, 0.4) is 0 Å². The Bertz CT molecular complexity index is 1660. The Morgan fingerprint density at radius 3 is 1.61 bits per heavy atom. The number of aliphatic hydroxyl groups is 6. The van der Waals surface area contributed by atoms with Crippen LogP contribution in [0.15, 0.2) is 85.1 Å². The van der Waals surface area contributed by atoms with E-state index in [9.17, 15) is 54.3 Å². The van der Waals surface area contributed by atoms with Gasteiger partial charge in [0.25, 0.3) is 0 Å². The third-order valence-corrected chi connectivity index (χ3v) is 11.7. The van der Waals surface area contributed by atoms with Crippen molar-refractivity contribution >= 4 is 27.6 Å². The van der Waals surface area contributed by atoms with Gasteiger partial charge in [-0.05, 0) is 70.6 Å². The van der Waals surface area contributed by atoms with E-state index in [0.29, 0.717) is 25.7 Å². The van der Waals surface area contributed by atoms with Crippen molar-refractivity contribution in [3.8, 4) is 0 Å². The maximum atomic E-state index is 13.0. The third kappa shape index (κ3) is 31.8. The summed E-state index contributed by atoms with van der Waals surface area (Å²) < 4.78 is 49.1. The monoisotopic (exact) mass is 992 g/mol. The molecule has 1 aliphatic carbocycles. The van der Waals surface area contributed by atoms with E-state index in [1.165, 1.54) is 19.3 Å². The second-order valence-electron chi connectivity index (χ2n) is 16.2. The van der Waals surface area contributed by atoms with Gasteiger partial charge in [0.2, 0.25) is 0 Å². The summed E-state index contributed by atoms with van der Waals surface area (Å²) in [5.41, 5.74) is 0. The van der Waals surface area contributed by atoms with Crippen LogP contribution in [0, 0.1) is 0 Å². The van der Waals surface area contributed by atoms with Gasteiger partial charge >= 0.3 is 27.6 Å². The van der Waals surface area contributed by atoms with Gasteiger partial charge in [-0.1, -0.05) is 131 Å². The minimum absolute atomic E-state index is 0.0589. The maximum absolute atomic E-state index is 13.0. The second kappa shape index (κ2) is 37.0. The van der Waals surface area contributed by atoms with E-state index in [0.717, 1.165) is 44.9 Å².